The fraction of sp³-hybridized carbons (Fsp3) is 0.458. The third-order valence-corrected chi connectivity index (χ3v) is 8.26. The molecule has 2 fully saturated rings. The molecule has 1 aromatic carbocycles. The summed E-state index contributed by atoms with van der Waals surface area (Å²) in [5.74, 6) is -0.696. The highest BCUT2D eigenvalue weighted by Crippen LogP contribution is 2.30. The van der Waals surface area contributed by atoms with Crippen LogP contribution in [0.5, 0.6) is 0 Å². The van der Waals surface area contributed by atoms with Gasteiger partial charge in [-0.25, -0.2) is 13.2 Å². The molecule has 2 atom stereocenters. The second-order valence-corrected chi connectivity index (χ2v) is 11.3. The summed E-state index contributed by atoms with van der Waals surface area (Å²) in [6.07, 6.45) is 3.69. The number of hydrogen-bond acceptors (Lipinski definition) is 6. The highest BCUT2D eigenvalue weighted by atomic mass is 32.2. The zero-order chi connectivity index (χ0) is 24.5. The molecule has 0 aliphatic carbocycles. The Bertz CT molecular complexity index is 1180. The lowest BCUT2D eigenvalue weighted by Gasteiger charge is -2.29. The van der Waals surface area contributed by atoms with E-state index in [1.54, 1.807) is 19.1 Å². The summed E-state index contributed by atoms with van der Waals surface area (Å²) in [4.78, 5) is 41.7. The van der Waals surface area contributed by atoms with E-state index in [1.807, 2.05) is 24.3 Å². The SMILES string of the molecule is CCCc1ccc([C@]2(C)NC(=O)N(CC(=O)N(Cc3ccco3)[C@@H]3CCS(=O)(=O)C3)C2=O)cc1. The molecule has 2 aromatic rings. The summed E-state index contributed by atoms with van der Waals surface area (Å²) < 4.78 is 29.4. The molecule has 10 heteroatoms. The largest absolute Gasteiger partial charge is 0.467 e. The Hall–Kier alpha value is -3.14. The van der Waals surface area contributed by atoms with E-state index < -0.39 is 45.8 Å². The van der Waals surface area contributed by atoms with Gasteiger partial charge >= 0.3 is 6.03 Å². The van der Waals surface area contributed by atoms with Gasteiger partial charge in [-0.15, -0.1) is 0 Å². The summed E-state index contributed by atoms with van der Waals surface area (Å²) in [5, 5.41) is 2.72. The van der Waals surface area contributed by atoms with E-state index in [0.29, 0.717) is 17.7 Å². The highest BCUT2D eigenvalue weighted by molar-refractivity contribution is 7.91. The van der Waals surface area contributed by atoms with Crippen molar-refractivity contribution in [1.82, 2.24) is 15.1 Å². The predicted molar refractivity (Wildman–Crippen MR) is 124 cm³/mol. The van der Waals surface area contributed by atoms with Crippen LogP contribution in [0.15, 0.2) is 47.1 Å². The molecule has 4 amide bonds. The lowest BCUT2D eigenvalue weighted by Crippen LogP contribution is -2.48. The zero-order valence-corrected chi connectivity index (χ0v) is 20.1. The van der Waals surface area contributed by atoms with Crippen LogP contribution >= 0.6 is 0 Å². The molecule has 0 bridgehead atoms. The van der Waals surface area contributed by atoms with Crippen LogP contribution in [0.1, 0.15) is 43.6 Å². The molecule has 182 valence electrons. The summed E-state index contributed by atoms with van der Waals surface area (Å²) >= 11 is 0. The summed E-state index contributed by atoms with van der Waals surface area (Å²) in [6, 6.07) is 9.68. The molecule has 0 saturated carbocycles. The molecule has 2 aliphatic rings. The Labute approximate surface area is 199 Å². The first-order valence-electron chi connectivity index (χ1n) is 11.4. The van der Waals surface area contributed by atoms with Crippen LogP contribution in [0.3, 0.4) is 0 Å². The van der Waals surface area contributed by atoms with Gasteiger partial charge in [-0.2, -0.15) is 0 Å². The Morgan fingerprint density at radius 3 is 2.56 bits per heavy atom. The molecule has 9 nitrogen and oxygen atoms in total. The van der Waals surface area contributed by atoms with E-state index in [4.69, 9.17) is 4.42 Å². The van der Waals surface area contributed by atoms with E-state index in [-0.39, 0.29) is 18.1 Å². The van der Waals surface area contributed by atoms with Crippen LogP contribution in [-0.4, -0.2) is 60.2 Å². The van der Waals surface area contributed by atoms with Crippen molar-refractivity contribution in [2.45, 2.75) is 51.2 Å². The molecule has 1 aromatic heterocycles. The second kappa shape index (κ2) is 9.25. The van der Waals surface area contributed by atoms with Crippen molar-refractivity contribution in [3.8, 4) is 0 Å². The number of benzene rings is 1. The molecule has 2 aliphatic heterocycles. The van der Waals surface area contributed by atoms with Crippen molar-refractivity contribution < 1.29 is 27.2 Å². The van der Waals surface area contributed by atoms with Gasteiger partial charge in [0.1, 0.15) is 17.8 Å². The van der Waals surface area contributed by atoms with Crippen molar-refractivity contribution in [2.75, 3.05) is 18.1 Å². The number of aryl methyl sites for hydroxylation is 1. The van der Waals surface area contributed by atoms with Gasteiger partial charge in [0.05, 0.1) is 24.3 Å². The monoisotopic (exact) mass is 487 g/mol. The van der Waals surface area contributed by atoms with Crippen molar-refractivity contribution in [3.63, 3.8) is 0 Å². The molecule has 34 heavy (non-hydrogen) atoms. The first-order chi connectivity index (χ1) is 16.1. The van der Waals surface area contributed by atoms with E-state index in [1.165, 1.54) is 11.2 Å². The maximum Gasteiger partial charge on any atom is 0.325 e. The van der Waals surface area contributed by atoms with Crippen molar-refractivity contribution in [1.29, 1.82) is 0 Å². The Morgan fingerprint density at radius 2 is 1.97 bits per heavy atom. The predicted octanol–water partition coefficient (Wildman–Crippen LogP) is 2.21. The third-order valence-electron chi connectivity index (χ3n) is 6.51. The average Bonchev–Trinajstić information content (AvgIpc) is 3.49. The number of rotatable bonds is 8. The third kappa shape index (κ3) is 4.72. The van der Waals surface area contributed by atoms with Crippen LogP contribution in [0, 0.1) is 0 Å². The first-order valence-corrected chi connectivity index (χ1v) is 13.2. The summed E-state index contributed by atoms with van der Waals surface area (Å²) in [6.45, 7) is 3.29. The zero-order valence-electron chi connectivity index (χ0n) is 19.3. The maximum atomic E-state index is 13.3. The number of amides is 4. The van der Waals surface area contributed by atoms with Gasteiger partial charge in [-0.1, -0.05) is 37.6 Å². The quantitative estimate of drug-likeness (QED) is 0.571. The number of imide groups is 1. The van der Waals surface area contributed by atoms with E-state index in [2.05, 4.69) is 12.2 Å². The van der Waals surface area contributed by atoms with Gasteiger partial charge in [-0.05, 0) is 43.0 Å². The minimum atomic E-state index is -3.25. The topological polar surface area (TPSA) is 117 Å². The second-order valence-electron chi connectivity index (χ2n) is 9.05. The number of sulfone groups is 1. The minimum absolute atomic E-state index is 0.00513. The molecular formula is C24H29N3O6S. The van der Waals surface area contributed by atoms with Gasteiger partial charge < -0.3 is 14.6 Å². The minimum Gasteiger partial charge on any atom is -0.467 e. The molecule has 0 unspecified atom stereocenters. The van der Waals surface area contributed by atoms with Crippen LogP contribution < -0.4 is 5.32 Å². The Kier molecular flexibility index (Phi) is 6.53. The van der Waals surface area contributed by atoms with Crippen LogP contribution in [0.2, 0.25) is 0 Å². The lowest BCUT2D eigenvalue weighted by atomic mass is 9.91. The molecular weight excluding hydrogens is 458 g/mol. The van der Waals surface area contributed by atoms with Crippen LogP contribution in [0.4, 0.5) is 4.79 Å². The van der Waals surface area contributed by atoms with Gasteiger partial charge in [0, 0.05) is 6.04 Å². The van der Waals surface area contributed by atoms with Gasteiger partial charge in [0.25, 0.3) is 5.91 Å². The number of nitrogens with one attached hydrogen (secondary N) is 1. The molecule has 0 radical (unpaired) electrons. The Balaban J connectivity index is 1.53. The number of nitrogens with zero attached hydrogens (tertiary/aromatic N) is 2. The fourth-order valence-electron chi connectivity index (χ4n) is 4.57. The summed E-state index contributed by atoms with van der Waals surface area (Å²) in [7, 11) is -3.25. The van der Waals surface area contributed by atoms with Crippen LogP contribution in [-0.2, 0) is 37.9 Å². The number of carbonyl (C=O) groups excluding carboxylic acids is 3. The standard InChI is InChI=1S/C24H29N3O6S/c1-3-5-17-7-9-18(10-8-17)24(2)22(29)27(23(30)25-24)15-21(28)26(14-20-6-4-12-33-20)19-11-13-34(31,32)16-19/h4,6-10,12,19H,3,5,11,13-16H2,1-2H3,(H,25,30)/t19-,24+/m1/s1. The lowest BCUT2D eigenvalue weighted by molar-refractivity contribution is -0.140. The smallest absolute Gasteiger partial charge is 0.325 e. The molecule has 1 N–H and O–H groups in total. The van der Waals surface area contributed by atoms with Gasteiger partial charge in [0.2, 0.25) is 5.91 Å². The van der Waals surface area contributed by atoms with E-state index >= 15 is 0 Å². The van der Waals surface area contributed by atoms with Gasteiger partial charge in [0.15, 0.2) is 9.84 Å². The number of furan rings is 1. The fourth-order valence-corrected chi connectivity index (χ4v) is 6.30. The maximum absolute atomic E-state index is 13.3. The molecule has 2 saturated heterocycles. The molecule has 3 heterocycles. The van der Waals surface area contributed by atoms with Crippen molar-refractivity contribution in [2.24, 2.45) is 0 Å². The summed E-state index contributed by atoms with van der Waals surface area (Å²) in [5.41, 5.74) is 0.485. The van der Waals surface area contributed by atoms with Crippen molar-refractivity contribution >= 4 is 27.7 Å². The van der Waals surface area contributed by atoms with E-state index in [9.17, 15) is 22.8 Å². The number of carbonyl (C=O) groups is 3. The number of hydrogen-bond donors (Lipinski definition) is 1. The van der Waals surface area contributed by atoms with Crippen LogP contribution in [0.25, 0.3) is 0 Å². The normalized spacial score (nSPS) is 23.8. The number of urea groups is 1. The van der Waals surface area contributed by atoms with E-state index in [0.717, 1.165) is 23.3 Å². The molecule has 0 spiro atoms. The highest BCUT2D eigenvalue weighted by Gasteiger charge is 2.50. The van der Waals surface area contributed by atoms with Crippen molar-refractivity contribution in [3.05, 3.63) is 59.5 Å². The Morgan fingerprint density at radius 1 is 1.24 bits per heavy atom. The average molecular weight is 488 g/mol. The van der Waals surface area contributed by atoms with Gasteiger partial charge in [-0.3, -0.25) is 14.5 Å². The molecule has 4 rings (SSSR count). The first kappa shape index (κ1) is 24.0.